The standard InChI is InChI=1S/C21H26N2O6S/c1-27-16-4-7-18(8-5-16)30(25,26)22-15-10-12-23(13-11-15)21(24)19-9-6-17(28-2)14-20(19)29-3/h4-9,14-15,22H,10-13H2,1-3H3. The molecule has 0 saturated carbocycles. The molecule has 1 fully saturated rings. The fraction of sp³-hybridized carbons (Fsp3) is 0.381. The van der Waals surface area contributed by atoms with Crippen LogP contribution in [0.25, 0.3) is 0 Å². The molecule has 1 saturated heterocycles. The Labute approximate surface area is 176 Å². The summed E-state index contributed by atoms with van der Waals surface area (Å²) in [5.41, 5.74) is 0.454. The van der Waals surface area contributed by atoms with E-state index >= 15 is 0 Å². The first kappa shape index (κ1) is 21.9. The number of ether oxygens (including phenoxy) is 3. The van der Waals surface area contributed by atoms with Gasteiger partial charge in [0.1, 0.15) is 17.2 Å². The van der Waals surface area contributed by atoms with Gasteiger partial charge in [-0.1, -0.05) is 0 Å². The van der Waals surface area contributed by atoms with E-state index in [9.17, 15) is 13.2 Å². The minimum Gasteiger partial charge on any atom is -0.497 e. The number of nitrogens with zero attached hydrogens (tertiary/aromatic N) is 1. The maximum atomic E-state index is 12.9. The molecule has 0 spiro atoms. The number of likely N-dealkylation sites (tertiary alicyclic amines) is 1. The minimum absolute atomic E-state index is 0.147. The Bertz CT molecular complexity index is 983. The molecule has 1 N–H and O–H groups in total. The summed E-state index contributed by atoms with van der Waals surface area (Å²) in [5, 5.41) is 0. The summed E-state index contributed by atoms with van der Waals surface area (Å²) < 4.78 is 43.5. The smallest absolute Gasteiger partial charge is 0.257 e. The third-order valence-electron chi connectivity index (χ3n) is 5.11. The highest BCUT2D eigenvalue weighted by Crippen LogP contribution is 2.27. The molecule has 162 valence electrons. The summed E-state index contributed by atoms with van der Waals surface area (Å²) in [7, 11) is 0.945. The van der Waals surface area contributed by atoms with Crippen molar-refractivity contribution in [2.45, 2.75) is 23.8 Å². The minimum atomic E-state index is -3.64. The van der Waals surface area contributed by atoms with Crippen LogP contribution in [-0.2, 0) is 10.0 Å². The van der Waals surface area contributed by atoms with Crippen molar-refractivity contribution < 1.29 is 27.4 Å². The van der Waals surface area contributed by atoms with E-state index < -0.39 is 10.0 Å². The van der Waals surface area contributed by atoms with Crippen LogP contribution in [0.5, 0.6) is 17.2 Å². The molecule has 1 aliphatic rings. The highest BCUT2D eigenvalue weighted by atomic mass is 32.2. The van der Waals surface area contributed by atoms with Crippen molar-refractivity contribution in [2.75, 3.05) is 34.4 Å². The molecule has 9 heteroatoms. The van der Waals surface area contributed by atoms with Crippen LogP contribution in [0.1, 0.15) is 23.2 Å². The molecule has 0 unspecified atom stereocenters. The normalized spacial score (nSPS) is 15.0. The summed E-state index contributed by atoms with van der Waals surface area (Å²) in [5.74, 6) is 1.50. The molecule has 1 heterocycles. The lowest BCUT2D eigenvalue weighted by molar-refractivity contribution is 0.0708. The van der Waals surface area contributed by atoms with Crippen molar-refractivity contribution in [1.82, 2.24) is 9.62 Å². The van der Waals surface area contributed by atoms with Gasteiger partial charge in [-0.25, -0.2) is 13.1 Å². The molecule has 30 heavy (non-hydrogen) atoms. The van der Waals surface area contributed by atoms with E-state index in [4.69, 9.17) is 14.2 Å². The van der Waals surface area contributed by atoms with E-state index in [-0.39, 0.29) is 16.8 Å². The van der Waals surface area contributed by atoms with Crippen molar-refractivity contribution in [3.05, 3.63) is 48.0 Å². The summed E-state index contributed by atoms with van der Waals surface area (Å²) in [6.07, 6.45) is 1.05. The highest BCUT2D eigenvalue weighted by Gasteiger charge is 2.28. The number of benzene rings is 2. The first-order chi connectivity index (χ1) is 14.4. The maximum absolute atomic E-state index is 12.9. The van der Waals surface area contributed by atoms with E-state index in [1.165, 1.54) is 26.4 Å². The van der Waals surface area contributed by atoms with Crippen LogP contribution in [0.3, 0.4) is 0 Å². The number of hydrogen-bond donors (Lipinski definition) is 1. The fourth-order valence-corrected chi connectivity index (χ4v) is 4.69. The quantitative estimate of drug-likeness (QED) is 0.719. The van der Waals surface area contributed by atoms with Crippen LogP contribution < -0.4 is 18.9 Å². The number of sulfonamides is 1. The molecule has 0 radical (unpaired) electrons. The second kappa shape index (κ2) is 9.36. The Morgan fingerprint density at radius 2 is 1.53 bits per heavy atom. The third-order valence-corrected chi connectivity index (χ3v) is 6.65. The highest BCUT2D eigenvalue weighted by molar-refractivity contribution is 7.89. The van der Waals surface area contributed by atoms with Gasteiger partial charge in [-0.2, -0.15) is 0 Å². The molecular formula is C21H26N2O6S. The Balaban J connectivity index is 1.62. The van der Waals surface area contributed by atoms with E-state index in [2.05, 4.69) is 4.72 Å². The largest absolute Gasteiger partial charge is 0.497 e. The van der Waals surface area contributed by atoms with Crippen LogP contribution in [0.15, 0.2) is 47.4 Å². The van der Waals surface area contributed by atoms with Crippen molar-refractivity contribution in [2.24, 2.45) is 0 Å². The lowest BCUT2D eigenvalue weighted by atomic mass is 10.0. The average molecular weight is 435 g/mol. The fourth-order valence-electron chi connectivity index (χ4n) is 3.39. The predicted molar refractivity (Wildman–Crippen MR) is 112 cm³/mol. The Morgan fingerprint density at radius 3 is 2.10 bits per heavy atom. The predicted octanol–water partition coefficient (Wildman–Crippen LogP) is 2.30. The molecule has 1 amide bonds. The first-order valence-corrected chi connectivity index (χ1v) is 11.0. The lowest BCUT2D eigenvalue weighted by Gasteiger charge is -2.32. The average Bonchev–Trinajstić information content (AvgIpc) is 2.78. The van der Waals surface area contributed by atoms with Crippen LogP contribution in [0.2, 0.25) is 0 Å². The van der Waals surface area contributed by atoms with Crippen LogP contribution in [0, 0.1) is 0 Å². The van der Waals surface area contributed by atoms with Crippen LogP contribution in [0.4, 0.5) is 0 Å². The maximum Gasteiger partial charge on any atom is 0.257 e. The lowest BCUT2D eigenvalue weighted by Crippen LogP contribution is -2.46. The zero-order valence-corrected chi connectivity index (χ0v) is 18.1. The van der Waals surface area contributed by atoms with E-state index in [1.807, 2.05) is 0 Å². The zero-order valence-electron chi connectivity index (χ0n) is 17.3. The summed E-state index contributed by atoms with van der Waals surface area (Å²) in [4.78, 5) is 14.8. The van der Waals surface area contributed by atoms with E-state index in [1.54, 1.807) is 42.3 Å². The molecule has 1 aliphatic heterocycles. The number of carbonyl (C=O) groups excluding carboxylic acids is 1. The van der Waals surface area contributed by atoms with Crippen LogP contribution in [-0.4, -0.2) is 59.7 Å². The number of carbonyl (C=O) groups is 1. The zero-order chi connectivity index (χ0) is 21.7. The van der Waals surface area contributed by atoms with Gasteiger partial charge in [0.2, 0.25) is 10.0 Å². The van der Waals surface area contributed by atoms with Gasteiger partial charge in [-0.05, 0) is 49.2 Å². The van der Waals surface area contributed by atoms with Crippen molar-refractivity contribution >= 4 is 15.9 Å². The van der Waals surface area contributed by atoms with Crippen molar-refractivity contribution in [1.29, 1.82) is 0 Å². The number of amides is 1. The number of rotatable bonds is 7. The molecule has 0 aliphatic carbocycles. The molecular weight excluding hydrogens is 408 g/mol. The molecule has 8 nitrogen and oxygen atoms in total. The van der Waals surface area contributed by atoms with Gasteiger partial charge >= 0.3 is 0 Å². The summed E-state index contributed by atoms with van der Waals surface area (Å²) in [6.45, 7) is 0.896. The Morgan fingerprint density at radius 1 is 0.933 bits per heavy atom. The van der Waals surface area contributed by atoms with E-state index in [0.717, 1.165) is 0 Å². The molecule has 2 aromatic rings. The molecule has 0 aromatic heterocycles. The molecule has 3 rings (SSSR count). The van der Waals surface area contributed by atoms with Gasteiger partial charge in [0.25, 0.3) is 5.91 Å². The SMILES string of the molecule is COc1ccc(S(=O)(=O)NC2CCN(C(=O)c3ccc(OC)cc3OC)CC2)cc1. The van der Waals surface area contributed by atoms with Crippen molar-refractivity contribution in [3.8, 4) is 17.2 Å². The number of methoxy groups -OCH3 is 3. The summed E-state index contributed by atoms with van der Waals surface area (Å²) >= 11 is 0. The number of nitrogens with one attached hydrogen (secondary N) is 1. The topological polar surface area (TPSA) is 94.2 Å². The molecule has 0 bridgehead atoms. The van der Waals surface area contributed by atoms with Gasteiger partial charge in [0.05, 0.1) is 31.8 Å². The second-order valence-corrected chi connectivity index (χ2v) is 8.64. The second-order valence-electron chi connectivity index (χ2n) is 6.93. The van der Waals surface area contributed by atoms with Crippen LogP contribution >= 0.6 is 0 Å². The Hall–Kier alpha value is -2.78. The van der Waals surface area contributed by atoms with Gasteiger partial charge in [0.15, 0.2) is 0 Å². The van der Waals surface area contributed by atoms with Gasteiger partial charge in [-0.15, -0.1) is 0 Å². The first-order valence-electron chi connectivity index (χ1n) is 9.55. The van der Waals surface area contributed by atoms with Gasteiger partial charge < -0.3 is 19.1 Å². The molecule has 2 aromatic carbocycles. The van der Waals surface area contributed by atoms with Crippen molar-refractivity contribution in [3.63, 3.8) is 0 Å². The third kappa shape index (κ3) is 4.85. The number of piperidine rings is 1. The Kier molecular flexibility index (Phi) is 6.84. The van der Waals surface area contributed by atoms with Gasteiger partial charge in [0, 0.05) is 25.2 Å². The van der Waals surface area contributed by atoms with Gasteiger partial charge in [-0.3, -0.25) is 4.79 Å². The summed E-state index contributed by atoms with van der Waals surface area (Å²) in [6, 6.07) is 11.1. The monoisotopic (exact) mass is 434 g/mol. The number of hydrogen-bond acceptors (Lipinski definition) is 6. The van der Waals surface area contributed by atoms with E-state index in [0.29, 0.717) is 48.7 Å². The molecule has 0 atom stereocenters.